The fourth-order valence-electron chi connectivity index (χ4n) is 3.52. The van der Waals surface area contributed by atoms with Crippen molar-refractivity contribution in [3.63, 3.8) is 0 Å². The van der Waals surface area contributed by atoms with Crippen LogP contribution in [0.1, 0.15) is 13.3 Å². The Hall–Kier alpha value is -1.18. The van der Waals surface area contributed by atoms with Gasteiger partial charge in [-0.1, -0.05) is 6.92 Å². The van der Waals surface area contributed by atoms with Crippen molar-refractivity contribution in [2.24, 2.45) is 11.8 Å². The highest BCUT2D eigenvalue weighted by atomic mass is 16.5. The van der Waals surface area contributed by atoms with Crippen molar-refractivity contribution in [1.82, 2.24) is 20.9 Å². The van der Waals surface area contributed by atoms with Crippen molar-refractivity contribution in [3.05, 3.63) is 0 Å². The molecule has 2 aliphatic rings. The molecule has 3 atom stereocenters. The second kappa shape index (κ2) is 7.72. The first-order valence-electron chi connectivity index (χ1n) is 7.67. The Bertz CT molecular complexity index is 377. The summed E-state index contributed by atoms with van der Waals surface area (Å²) in [6, 6.07) is -0.0153. The molecule has 0 spiro atoms. The number of amides is 3. The summed E-state index contributed by atoms with van der Waals surface area (Å²) in [4.78, 5) is 25.7. The van der Waals surface area contributed by atoms with Crippen molar-refractivity contribution < 1.29 is 14.3 Å². The highest BCUT2D eigenvalue weighted by Crippen LogP contribution is 2.33. The van der Waals surface area contributed by atoms with Crippen LogP contribution in [0.2, 0.25) is 0 Å². The Labute approximate surface area is 125 Å². The van der Waals surface area contributed by atoms with Crippen LogP contribution in [0.15, 0.2) is 0 Å². The highest BCUT2D eigenvalue weighted by Gasteiger charge is 2.43. The third kappa shape index (κ3) is 4.15. The van der Waals surface area contributed by atoms with Crippen LogP contribution in [0.3, 0.4) is 0 Å². The first-order valence-corrected chi connectivity index (χ1v) is 7.67. The van der Waals surface area contributed by atoms with E-state index in [1.807, 2.05) is 0 Å². The number of likely N-dealkylation sites (tertiary alicyclic amines) is 1. The molecule has 0 radical (unpaired) electrons. The fourth-order valence-corrected chi connectivity index (χ4v) is 3.52. The third-order valence-electron chi connectivity index (χ3n) is 4.43. The number of rotatable bonds is 6. The number of imide groups is 1. The average Bonchev–Trinajstić information content (AvgIpc) is 2.98. The fraction of sp³-hybridized carbons (Fsp3) is 0.857. The van der Waals surface area contributed by atoms with E-state index in [-0.39, 0.29) is 5.91 Å². The van der Waals surface area contributed by atoms with E-state index in [4.69, 9.17) is 4.74 Å². The van der Waals surface area contributed by atoms with Gasteiger partial charge in [-0.3, -0.25) is 15.0 Å². The minimum Gasteiger partial charge on any atom is -0.383 e. The van der Waals surface area contributed by atoms with Crippen LogP contribution in [-0.2, 0) is 9.53 Å². The van der Waals surface area contributed by atoms with E-state index in [2.05, 4.69) is 27.8 Å². The molecule has 2 saturated heterocycles. The van der Waals surface area contributed by atoms with Crippen molar-refractivity contribution in [2.45, 2.75) is 19.4 Å². The van der Waals surface area contributed by atoms with Crippen molar-refractivity contribution in [2.75, 3.05) is 46.4 Å². The number of nitrogens with one attached hydrogen (secondary N) is 3. The van der Waals surface area contributed by atoms with Crippen LogP contribution < -0.4 is 16.0 Å². The maximum absolute atomic E-state index is 12.0. The summed E-state index contributed by atoms with van der Waals surface area (Å²) in [6.45, 7) is 6.30. The van der Waals surface area contributed by atoms with Crippen molar-refractivity contribution >= 4 is 11.9 Å². The predicted molar refractivity (Wildman–Crippen MR) is 78.9 cm³/mol. The number of carbonyl (C=O) groups excluding carboxylic acids is 2. The second-order valence-corrected chi connectivity index (χ2v) is 5.78. The first kappa shape index (κ1) is 16.2. The third-order valence-corrected chi connectivity index (χ3v) is 4.43. The molecule has 2 fully saturated rings. The Kier molecular flexibility index (Phi) is 5.96. The van der Waals surface area contributed by atoms with Crippen molar-refractivity contribution in [3.8, 4) is 0 Å². The van der Waals surface area contributed by atoms with Crippen molar-refractivity contribution in [1.29, 1.82) is 0 Å². The van der Waals surface area contributed by atoms with Crippen LogP contribution >= 0.6 is 0 Å². The summed E-state index contributed by atoms with van der Waals surface area (Å²) in [5, 5.41) is 8.37. The molecule has 2 rings (SSSR count). The number of urea groups is 1. The summed E-state index contributed by atoms with van der Waals surface area (Å²) in [5.41, 5.74) is 0. The molecule has 2 heterocycles. The van der Waals surface area contributed by atoms with Gasteiger partial charge in [-0.25, -0.2) is 4.79 Å². The molecular formula is C14H26N4O3. The Morgan fingerprint density at radius 2 is 2.19 bits per heavy atom. The molecule has 0 bridgehead atoms. The lowest BCUT2D eigenvalue weighted by atomic mass is 9.93. The van der Waals surface area contributed by atoms with Crippen LogP contribution in [0, 0.1) is 11.8 Å². The smallest absolute Gasteiger partial charge is 0.321 e. The monoisotopic (exact) mass is 298 g/mol. The van der Waals surface area contributed by atoms with Crippen LogP contribution in [0.4, 0.5) is 4.79 Å². The van der Waals surface area contributed by atoms with E-state index in [1.54, 1.807) is 7.11 Å². The lowest BCUT2D eigenvalue weighted by Crippen LogP contribution is -2.47. The Morgan fingerprint density at radius 1 is 1.38 bits per heavy atom. The number of nitrogens with zero attached hydrogens (tertiary/aromatic N) is 1. The van der Waals surface area contributed by atoms with Gasteiger partial charge in [0, 0.05) is 26.2 Å². The molecular weight excluding hydrogens is 272 g/mol. The van der Waals surface area contributed by atoms with Gasteiger partial charge < -0.3 is 15.4 Å². The van der Waals surface area contributed by atoms with Gasteiger partial charge in [0.05, 0.1) is 13.2 Å². The normalized spacial score (nSPS) is 28.4. The number of methoxy groups -OCH3 is 1. The lowest BCUT2D eigenvalue weighted by molar-refractivity contribution is -0.121. The van der Waals surface area contributed by atoms with E-state index in [0.29, 0.717) is 37.6 Å². The summed E-state index contributed by atoms with van der Waals surface area (Å²) in [7, 11) is 1.56. The number of fused-ring (bicyclic) bond motifs is 1. The lowest BCUT2D eigenvalue weighted by Gasteiger charge is -2.25. The molecule has 2 aliphatic heterocycles. The van der Waals surface area contributed by atoms with Gasteiger partial charge in [0.1, 0.15) is 0 Å². The summed E-state index contributed by atoms with van der Waals surface area (Å²) >= 11 is 0. The number of hydrogen-bond acceptors (Lipinski definition) is 5. The standard InChI is InChI=1S/C14H26N4O3/c1-3-12-11-7-15-6-10(11)8-18(12)9-13(19)17-14(20)16-4-5-21-2/h10-12,15H,3-9H2,1-2H3,(H2,16,17,19,20). The van der Waals surface area contributed by atoms with Gasteiger partial charge in [0.15, 0.2) is 0 Å². The van der Waals surface area contributed by atoms with Gasteiger partial charge in [-0.2, -0.15) is 0 Å². The Morgan fingerprint density at radius 3 is 2.90 bits per heavy atom. The average molecular weight is 298 g/mol. The van der Waals surface area contributed by atoms with Gasteiger partial charge >= 0.3 is 6.03 Å². The zero-order valence-corrected chi connectivity index (χ0v) is 12.9. The largest absolute Gasteiger partial charge is 0.383 e. The van der Waals surface area contributed by atoms with Gasteiger partial charge in [-0.05, 0) is 31.3 Å². The molecule has 0 aromatic rings. The van der Waals surface area contributed by atoms with E-state index < -0.39 is 6.03 Å². The topological polar surface area (TPSA) is 82.7 Å². The molecule has 0 aromatic heterocycles. The summed E-state index contributed by atoms with van der Waals surface area (Å²) in [5.74, 6) is 1.04. The minimum atomic E-state index is -0.453. The molecule has 0 saturated carbocycles. The van der Waals surface area contributed by atoms with Gasteiger partial charge in [0.25, 0.3) is 0 Å². The molecule has 7 heteroatoms. The molecule has 0 aromatic carbocycles. The quantitative estimate of drug-likeness (QED) is 0.570. The second-order valence-electron chi connectivity index (χ2n) is 5.78. The van der Waals surface area contributed by atoms with E-state index in [1.165, 1.54) is 0 Å². The minimum absolute atomic E-state index is 0.240. The highest BCUT2D eigenvalue weighted by molar-refractivity contribution is 5.95. The number of ether oxygens (including phenoxy) is 1. The molecule has 21 heavy (non-hydrogen) atoms. The molecule has 3 amide bonds. The summed E-state index contributed by atoms with van der Waals surface area (Å²) in [6.07, 6.45) is 1.04. The summed E-state index contributed by atoms with van der Waals surface area (Å²) < 4.78 is 4.83. The SMILES string of the molecule is CCC1C2CNCC2CN1CC(=O)NC(=O)NCCOC. The van der Waals surface area contributed by atoms with E-state index in [0.717, 1.165) is 26.1 Å². The number of hydrogen-bond donors (Lipinski definition) is 3. The van der Waals surface area contributed by atoms with E-state index in [9.17, 15) is 9.59 Å². The zero-order chi connectivity index (χ0) is 15.2. The van der Waals surface area contributed by atoms with E-state index >= 15 is 0 Å². The van der Waals surface area contributed by atoms with Gasteiger partial charge in [0.2, 0.25) is 5.91 Å². The zero-order valence-electron chi connectivity index (χ0n) is 12.9. The molecule has 0 aliphatic carbocycles. The van der Waals surface area contributed by atoms with Crippen LogP contribution in [0.25, 0.3) is 0 Å². The first-order chi connectivity index (χ1) is 10.2. The Balaban J connectivity index is 1.76. The van der Waals surface area contributed by atoms with Crippen LogP contribution in [-0.4, -0.2) is 69.3 Å². The van der Waals surface area contributed by atoms with Crippen LogP contribution in [0.5, 0.6) is 0 Å². The molecule has 3 N–H and O–H groups in total. The van der Waals surface area contributed by atoms with Gasteiger partial charge in [-0.15, -0.1) is 0 Å². The number of carbonyl (C=O) groups is 2. The molecule has 120 valence electrons. The molecule has 3 unspecified atom stereocenters. The predicted octanol–water partition coefficient (Wildman–Crippen LogP) is -0.612. The maximum atomic E-state index is 12.0. The molecule has 7 nitrogen and oxygen atoms in total. The maximum Gasteiger partial charge on any atom is 0.321 e.